The van der Waals surface area contributed by atoms with Gasteiger partial charge in [0.2, 0.25) is 11.9 Å². The second kappa shape index (κ2) is 22.6. The highest BCUT2D eigenvalue weighted by Crippen LogP contribution is 2.40. The van der Waals surface area contributed by atoms with Crippen molar-refractivity contribution in [1.29, 1.82) is 0 Å². The monoisotopic (exact) mass is 801 g/mol. The van der Waals surface area contributed by atoms with Gasteiger partial charge in [-0.25, -0.2) is 9.78 Å². The van der Waals surface area contributed by atoms with Gasteiger partial charge in [0, 0.05) is 46.9 Å². The van der Waals surface area contributed by atoms with Crippen molar-refractivity contribution in [2.24, 2.45) is 0 Å². The van der Waals surface area contributed by atoms with E-state index in [1.165, 1.54) is 4.90 Å². The number of rotatable bonds is 24. The molecule has 0 saturated heterocycles. The highest BCUT2D eigenvalue weighted by Gasteiger charge is 2.41. The Balaban J connectivity index is 1.08. The van der Waals surface area contributed by atoms with E-state index in [4.69, 9.17) is 33.4 Å². The summed E-state index contributed by atoms with van der Waals surface area (Å²) in [7, 11) is 3.79. The topological polar surface area (TPSA) is 166 Å². The second-order valence-corrected chi connectivity index (χ2v) is 20.8. The number of carbonyl (C=O) groups excluding carboxylic acids is 3. The summed E-state index contributed by atoms with van der Waals surface area (Å²) in [5.74, 6) is 1.40. The van der Waals surface area contributed by atoms with Gasteiger partial charge < -0.3 is 53.8 Å². The molecule has 312 valence electrons. The Labute approximate surface area is 332 Å². The number of nitrogens with one attached hydrogen (secondary N) is 2. The zero-order chi connectivity index (χ0) is 40.5. The molecule has 2 heterocycles. The van der Waals surface area contributed by atoms with Gasteiger partial charge in [0.25, 0.3) is 5.91 Å². The van der Waals surface area contributed by atoms with Crippen molar-refractivity contribution in [3.8, 4) is 5.75 Å². The van der Waals surface area contributed by atoms with Gasteiger partial charge in [-0.2, -0.15) is 4.98 Å². The highest BCUT2D eigenvalue weighted by molar-refractivity contribution is 6.76. The molecule has 2 aromatic rings. The molecule has 0 bridgehead atoms. The molecule has 4 rings (SSSR count). The molecule has 1 aliphatic carbocycles. The molecule has 0 radical (unpaired) electrons. The number of methoxy groups -OCH3 is 1. The van der Waals surface area contributed by atoms with Gasteiger partial charge in [0.15, 0.2) is 5.82 Å². The fourth-order valence-corrected chi connectivity index (χ4v) is 7.16. The van der Waals surface area contributed by atoms with Gasteiger partial charge in [-0.1, -0.05) is 39.4 Å². The molecule has 16 nitrogen and oxygen atoms in total. The molecule has 1 aromatic carbocycles. The lowest BCUT2D eigenvalue weighted by atomic mass is 10.0. The Hall–Kier alpha value is -4.03. The highest BCUT2D eigenvalue weighted by atomic mass is 28.3. The van der Waals surface area contributed by atoms with E-state index in [2.05, 4.69) is 40.2 Å². The lowest BCUT2D eigenvalue weighted by molar-refractivity contribution is -0.120. The Morgan fingerprint density at radius 3 is 2.21 bits per heavy atom. The van der Waals surface area contributed by atoms with E-state index >= 15 is 0 Å². The Morgan fingerprint density at radius 2 is 1.59 bits per heavy atom. The van der Waals surface area contributed by atoms with Crippen LogP contribution in [0.5, 0.6) is 5.75 Å². The number of hydrogen-bond donors (Lipinski definition) is 2. The van der Waals surface area contributed by atoms with E-state index in [0.717, 1.165) is 37.5 Å². The van der Waals surface area contributed by atoms with Gasteiger partial charge >= 0.3 is 6.09 Å². The predicted octanol–water partition coefficient (Wildman–Crippen LogP) is 4.94. The summed E-state index contributed by atoms with van der Waals surface area (Å²) in [6.07, 6.45) is 6.41. The largest absolute Gasteiger partial charge is 0.495 e. The Bertz CT molecular complexity index is 1560. The van der Waals surface area contributed by atoms with Crippen LogP contribution in [0.2, 0.25) is 25.7 Å². The molecule has 2 aliphatic rings. The number of nitrogens with zero attached hydrogens (tertiary/aromatic N) is 5. The van der Waals surface area contributed by atoms with Crippen LogP contribution >= 0.6 is 0 Å². The van der Waals surface area contributed by atoms with Crippen molar-refractivity contribution in [2.75, 3.05) is 109 Å². The maximum Gasteiger partial charge on any atom is 0.409 e. The molecular formula is C39H63N7O9Si. The SMILES string of the molecule is CCC1C(=O)N(C)c2cnc(Nc3ccc(C(=O)NCCOCCOCCOCCOCCN(C)C(=O)OCC[Si](C)(C)C)cc3OC)nc2N1C1CCCC1. The normalized spacial score (nSPS) is 15.8. The average molecular weight is 802 g/mol. The van der Waals surface area contributed by atoms with Crippen molar-refractivity contribution >= 4 is 49.1 Å². The van der Waals surface area contributed by atoms with E-state index in [-0.39, 0.29) is 30.0 Å². The minimum Gasteiger partial charge on any atom is -0.495 e. The Morgan fingerprint density at radius 1 is 0.946 bits per heavy atom. The first kappa shape index (κ1) is 44.7. The maximum absolute atomic E-state index is 13.2. The summed E-state index contributed by atoms with van der Waals surface area (Å²) < 4.78 is 33.1. The fourth-order valence-electron chi connectivity index (χ4n) is 6.45. The van der Waals surface area contributed by atoms with Crippen LogP contribution in [-0.2, 0) is 28.5 Å². The van der Waals surface area contributed by atoms with E-state index < -0.39 is 8.07 Å². The number of anilines is 4. The molecule has 1 fully saturated rings. The van der Waals surface area contributed by atoms with Crippen molar-refractivity contribution in [2.45, 2.75) is 76.8 Å². The van der Waals surface area contributed by atoms with Gasteiger partial charge in [0.05, 0.1) is 78.5 Å². The molecular weight excluding hydrogens is 739 g/mol. The number of aromatic nitrogens is 2. The molecule has 1 saturated carbocycles. The van der Waals surface area contributed by atoms with Crippen LogP contribution in [0.4, 0.5) is 27.9 Å². The summed E-state index contributed by atoms with van der Waals surface area (Å²) in [5.41, 5.74) is 1.74. The van der Waals surface area contributed by atoms with E-state index in [9.17, 15) is 14.4 Å². The molecule has 1 atom stereocenters. The third-order valence-corrected chi connectivity index (χ3v) is 11.4. The number of benzene rings is 1. The van der Waals surface area contributed by atoms with Crippen LogP contribution in [0, 0.1) is 0 Å². The van der Waals surface area contributed by atoms with E-state index in [0.29, 0.717) is 108 Å². The number of amides is 3. The number of carbonyl (C=O) groups is 3. The number of fused-ring (bicyclic) bond motifs is 1. The van der Waals surface area contributed by atoms with Crippen molar-refractivity contribution in [1.82, 2.24) is 20.2 Å². The van der Waals surface area contributed by atoms with Gasteiger partial charge in [-0.05, 0) is 43.5 Å². The smallest absolute Gasteiger partial charge is 0.409 e. The zero-order valence-corrected chi connectivity index (χ0v) is 35.4. The third kappa shape index (κ3) is 13.6. The second-order valence-electron chi connectivity index (χ2n) is 15.2. The molecule has 3 amide bonds. The lowest BCUT2D eigenvalue weighted by Gasteiger charge is -2.43. The zero-order valence-electron chi connectivity index (χ0n) is 34.4. The van der Waals surface area contributed by atoms with Crippen molar-refractivity contribution in [3.63, 3.8) is 0 Å². The van der Waals surface area contributed by atoms with Crippen LogP contribution in [0.3, 0.4) is 0 Å². The molecule has 1 aromatic heterocycles. The summed E-state index contributed by atoms with van der Waals surface area (Å²) >= 11 is 0. The first-order valence-corrected chi connectivity index (χ1v) is 23.5. The molecule has 1 aliphatic heterocycles. The van der Waals surface area contributed by atoms with E-state index in [1.807, 2.05) is 6.92 Å². The summed E-state index contributed by atoms with van der Waals surface area (Å²) in [6.45, 7) is 13.3. The quantitative estimate of drug-likeness (QED) is 0.109. The minimum absolute atomic E-state index is 0.0647. The number of hydrogen-bond acceptors (Lipinski definition) is 13. The molecule has 0 spiro atoms. The average Bonchev–Trinajstić information content (AvgIpc) is 3.71. The predicted molar refractivity (Wildman–Crippen MR) is 218 cm³/mol. The number of likely N-dealkylation sites (N-methyl/N-ethyl adjacent to an activating group) is 2. The molecule has 17 heteroatoms. The standard InChI is InChI=1S/C39H63N7O9Si/c1-8-32-37(48)45(3)33-28-41-38(43-35(33)46(32)30-11-9-10-12-30)42-31-14-13-29(27-34(31)50-4)36(47)40-15-17-51-19-21-53-23-24-54-22-20-52-18-16-44(2)39(49)55-25-26-56(5,6)7/h13-14,27-28,30,32H,8-12,15-26H2,1-7H3,(H,40,47)(H,41,42,43). The molecule has 2 N–H and O–H groups in total. The fraction of sp³-hybridized carbons (Fsp3) is 0.667. The van der Waals surface area contributed by atoms with Crippen LogP contribution < -0.4 is 25.2 Å². The van der Waals surface area contributed by atoms with Crippen LogP contribution in [0.1, 0.15) is 49.4 Å². The lowest BCUT2D eigenvalue weighted by Crippen LogP contribution is -2.55. The van der Waals surface area contributed by atoms with Crippen molar-refractivity contribution < 1.29 is 42.8 Å². The minimum atomic E-state index is -1.23. The number of ether oxygens (including phenoxy) is 6. The van der Waals surface area contributed by atoms with Gasteiger partial charge in [-0.15, -0.1) is 0 Å². The molecule has 1 unspecified atom stereocenters. The van der Waals surface area contributed by atoms with Crippen LogP contribution in [-0.4, -0.2) is 147 Å². The van der Waals surface area contributed by atoms with Gasteiger partial charge in [-0.3, -0.25) is 9.59 Å². The van der Waals surface area contributed by atoms with Crippen LogP contribution in [0.25, 0.3) is 0 Å². The molecule has 56 heavy (non-hydrogen) atoms. The van der Waals surface area contributed by atoms with Crippen LogP contribution in [0.15, 0.2) is 24.4 Å². The Kier molecular flexibility index (Phi) is 18.1. The summed E-state index contributed by atoms with van der Waals surface area (Å²) in [5, 5.41) is 6.12. The summed E-state index contributed by atoms with van der Waals surface area (Å²) in [6, 6.07) is 6.09. The van der Waals surface area contributed by atoms with E-state index in [1.54, 1.807) is 50.5 Å². The summed E-state index contributed by atoms with van der Waals surface area (Å²) in [4.78, 5) is 52.9. The first-order valence-electron chi connectivity index (χ1n) is 19.8. The third-order valence-electron chi connectivity index (χ3n) is 9.73. The van der Waals surface area contributed by atoms with Gasteiger partial charge in [0.1, 0.15) is 17.5 Å². The maximum atomic E-state index is 13.2. The first-order chi connectivity index (χ1) is 26.9. The van der Waals surface area contributed by atoms with Crippen molar-refractivity contribution in [3.05, 3.63) is 30.0 Å².